The number of nitrogens with one attached hydrogen (secondary N) is 1. The molecule has 2 heterocycles. The highest BCUT2D eigenvalue weighted by Gasteiger charge is 2.36. The summed E-state index contributed by atoms with van der Waals surface area (Å²) in [6.07, 6.45) is 4.31. The summed E-state index contributed by atoms with van der Waals surface area (Å²) in [5.74, 6) is 1.02. The number of hydrogen-bond acceptors (Lipinski definition) is 6. The number of amides is 2. The van der Waals surface area contributed by atoms with E-state index >= 15 is 0 Å². The fourth-order valence-electron chi connectivity index (χ4n) is 2.83. The third-order valence-electron chi connectivity index (χ3n) is 3.99. The smallest absolute Gasteiger partial charge is 0.312 e. The first-order chi connectivity index (χ1) is 10.6. The predicted molar refractivity (Wildman–Crippen MR) is 82.1 cm³/mol. The molecule has 22 heavy (non-hydrogen) atoms. The zero-order chi connectivity index (χ0) is 15.6. The van der Waals surface area contributed by atoms with Crippen LogP contribution in [0.15, 0.2) is 22.0 Å². The number of carbonyl (C=O) groups excluding carboxylic acids is 1. The summed E-state index contributed by atoms with van der Waals surface area (Å²) < 4.78 is 5.32. The third-order valence-corrected chi connectivity index (χ3v) is 4.98. The van der Waals surface area contributed by atoms with Gasteiger partial charge < -0.3 is 21.3 Å². The Kier molecular flexibility index (Phi) is 4.12. The molecule has 2 amide bonds. The molecule has 1 atom stereocenters. The summed E-state index contributed by atoms with van der Waals surface area (Å²) in [6.45, 7) is 0. The molecule has 3 rings (SSSR count). The second-order valence-corrected chi connectivity index (χ2v) is 6.63. The molecule has 8 heteroatoms. The molecule has 0 saturated heterocycles. The monoisotopic (exact) mass is 321 g/mol. The first-order valence-electron chi connectivity index (χ1n) is 7.28. The molecule has 0 radical (unpaired) electrons. The lowest BCUT2D eigenvalue weighted by molar-refractivity contribution is 0.244. The highest BCUT2D eigenvalue weighted by Crippen LogP contribution is 2.34. The topological polar surface area (TPSA) is 120 Å². The fourth-order valence-corrected chi connectivity index (χ4v) is 3.61. The van der Waals surface area contributed by atoms with Crippen LogP contribution in [-0.2, 0) is 12.0 Å². The number of nitrogens with two attached hydrogens (primary N) is 2. The van der Waals surface area contributed by atoms with Crippen LogP contribution in [0, 0.1) is 0 Å². The molecule has 2 aromatic rings. The number of nitrogens with zero attached hydrogens (tertiary/aromatic N) is 2. The molecular formula is C14H19N5O2S. The highest BCUT2D eigenvalue weighted by molar-refractivity contribution is 7.10. The van der Waals surface area contributed by atoms with Crippen LogP contribution in [0.25, 0.3) is 0 Å². The quantitative estimate of drug-likeness (QED) is 0.775. The zero-order valence-electron chi connectivity index (χ0n) is 12.1. The fraction of sp³-hybridized carbons (Fsp3) is 0.500. The lowest BCUT2D eigenvalue weighted by Gasteiger charge is -2.18. The minimum absolute atomic E-state index is 0.275. The predicted octanol–water partition coefficient (Wildman–Crippen LogP) is 1.81. The van der Waals surface area contributed by atoms with Gasteiger partial charge >= 0.3 is 6.03 Å². The summed E-state index contributed by atoms with van der Waals surface area (Å²) in [5, 5.41) is 8.68. The van der Waals surface area contributed by atoms with Gasteiger partial charge in [-0.1, -0.05) is 24.1 Å². The van der Waals surface area contributed by atoms with E-state index in [1.54, 1.807) is 0 Å². The first-order valence-corrected chi connectivity index (χ1v) is 8.16. The van der Waals surface area contributed by atoms with Gasteiger partial charge in [-0.3, -0.25) is 0 Å². The summed E-state index contributed by atoms with van der Waals surface area (Å²) in [5.41, 5.74) is 11.1. The Morgan fingerprint density at radius 3 is 2.91 bits per heavy atom. The lowest BCUT2D eigenvalue weighted by Crippen LogP contribution is -2.35. The molecule has 0 spiro atoms. The number of urea groups is 1. The van der Waals surface area contributed by atoms with Crippen molar-refractivity contribution in [1.82, 2.24) is 15.5 Å². The van der Waals surface area contributed by atoms with Crippen LogP contribution in [0.1, 0.15) is 48.3 Å². The number of primary amides is 1. The van der Waals surface area contributed by atoms with Crippen molar-refractivity contribution >= 4 is 17.4 Å². The molecule has 118 valence electrons. The molecule has 1 unspecified atom stereocenters. The maximum absolute atomic E-state index is 11.2. The van der Waals surface area contributed by atoms with E-state index < -0.39 is 11.6 Å². The average Bonchev–Trinajstić information content (AvgIpc) is 3.18. The molecule has 0 bridgehead atoms. The van der Waals surface area contributed by atoms with Crippen LogP contribution in [0.4, 0.5) is 4.79 Å². The van der Waals surface area contributed by atoms with Crippen LogP contribution in [0.3, 0.4) is 0 Å². The van der Waals surface area contributed by atoms with E-state index in [2.05, 4.69) is 15.5 Å². The van der Waals surface area contributed by atoms with Crippen molar-refractivity contribution in [2.45, 2.75) is 43.7 Å². The summed E-state index contributed by atoms with van der Waals surface area (Å²) >= 11 is 1.54. The molecule has 1 saturated carbocycles. The zero-order valence-corrected chi connectivity index (χ0v) is 12.9. The van der Waals surface area contributed by atoms with Gasteiger partial charge in [0.15, 0.2) is 5.82 Å². The van der Waals surface area contributed by atoms with Crippen molar-refractivity contribution in [3.63, 3.8) is 0 Å². The van der Waals surface area contributed by atoms with E-state index in [0.717, 1.165) is 30.6 Å². The number of aromatic nitrogens is 2. The Hall–Kier alpha value is -1.93. The standard InChI is InChI=1S/C14H19N5O2S/c15-13(20)17-9(10-4-3-7-22-10)8-11-18-12(19-21-11)14(16)5-1-2-6-14/h3-4,7,9H,1-2,5-6,8,16H2,(H3,15,17,20). The van der Waals surface area contributed by atoms with Crippen LogP contribution < -0.4 is 16.8 Å². The van der Waals surface area contributed by atoms with Gasteiger partial charge in [0.1, 0.15) is 0 Å². The number of carbonyl (C=O) groups is 1. The van der Waals surface area contributed by atoms with Crippen LogP contribution in [-0.4, -0.2) is 16.2 Å². The van der Waals surface area contributed by atoms with Gasteiger partial charge in [0.2, 0.25) is 5.89 Å². The van der Waals surface area contributed by atoms with Gasteiger partial charge in [0.25, 0.3) is 0 Å². The Morgan fingerprint density at radius 2 is 2.27 bits per heavy atom. The molecule has 1 aliphatic rings. The van der Waals surface area contributed by atoms with E-state index in [-0.39, 0.29) is 6.04 Å². The van der Waals surface area contributed by atoms with E-state index in [0.29, 0.717) is 18.1 Å². The lowest BCUT2D eigenvalue weighted by atomic mass is 9.99. The molecule has 0 aliphatic heterocycles. The molecular weight excluding hydrogens is 302 g/mol. The van der Waals surface area contributed by atoms with Crippen molar-refractivity contribution < 1.29 is 9.32 Å². The summed E-state index contributed by atoms with van der Waals surface area (Å²) in [6, 6.07) is 3.00. The molecule has 0 aromatic carbocycles. The van der Waals surface area contributed by atoms with E-state index in [1.807, 2.05) is 17.5 Å². The van der Waals surface area contributed by atoms with E-state index in [1.165, 1.54) is 11.3 Å². The van der Waals surface area contributed by atoms with Crippen molar-refractivity contribution in [3.8, 4) is 0 Å². The second kappa shape index (κ2) is 6.05. The Labute approximate surface area is 132 Å². The third kappa shape index (κ3) is 3.12. The van der Waals surface area contributed by atoms with Crippen molar-refractivity contribution in [2.24, 2.45) is 11.5 Å². The van der Waals surface area contributed by atoms with Crippen LogP contribution >= 0.6 is 11.3 Å². The first kappa shape index (κ1) is 15.0. The normalized spacial score (nSPS) is 18.2. The summed E-state index contributed by atoms with van der Waals surface area (Å²) in [4.78, 5) is 16.6. The van der Waals surface area contributed by atoms with Gasteiger partial charge in [-0.05, 0) is 24.3 Å². The van der Waals surface area contributed by atoms with E-state index in [9.17, 15) is 4.79 Å². The second-order valence-electron chi connectivity index (χ2n) is 5.66. The minimum Gasteiger partial charge on any atom is -0.352 e. The number of thiophene rings is 1. The van der Waals surface area contributed by atoms with Gasteiger partial charge in [0.05, 0.1) is 18.0 Å². The Bertz CT molecular complexity index is 633. The van der Waals surface area contributed by atoms with Crippen molar-refractivity contribution in [1.29, 1.82) is 0 Å². The minimum atomic E-state index is -0.579. The average molecular weight is 321 g/mol. The molecule has 5 N–H and O–H groups in total. The van der Waals surface area contributed by atoms with Crippen LogP contribution in [0.2, 0.25) is 0 Å². The maximum atomic E-state index is 11.2. The highest BCUT2D eigenvalue weighted by atomic mass is 32.1. The molecule has 7 nitrogen and oxygen atoms in total. The maximum Gasteiger partial charge on any atom is 0.312 e. The van der Waals surface area contributed by atoms with Gasteiger partial charge in [-0.15, -0.1) is 11.3 Å². The molecule has 2 aromatic heterocycles. The van der Waals surface area contributed by atoms with Gasteiger partial charge in [-0.2, -0.15) is 4.98 Å². The van der Waals surface area contributed by atoms with Crippen LogP contribution in [0.5, 0.6) is 0 Å². The summed E-state index contributed by atoms with van der Waals surface area (Å²) in [7, 11) is 0. The Balaban J connectivity index is 1.76. The molecule has 1 fully saturated rings. The van der Waals surface area contributed by atoms with Gasteiger partial charge in [-0.25, -0.2) is 4.79 Å². The molecule has 1 aliphatic carbocycles. The van der Waals surface area contributed by atoms with Crippen molar-refractivity contribution in [3.05, 3.63) is 34.1 Å². The number of hydrogen-bond donors (Lipinski definition) is 3. The Morgan fingerprint density at radius 1 is 1.50 bits per heavy atom. The number of rotatable bonds is 5. The van der Waals surface area contributed by atoms with Crippen molar-refractivity contribution in [2.75, 3.05) is 0 Å². The largest absolute Gasteiger partial charge is 0.352 e. The van der Waals surface area contributed by atoms with E-state index in [4.69, 9.17) is 16.0 Å². The van der Waals surface area contributed by atoms with Gasteiger partial charge in [0, 0.05) is 4.88 Å². The SMILES string of the molecule is NC(=O)NC(Cc1nc(C2(N)CCCC2)no1)c1cccs1.